The molecule has 1 aliphatic rings. The zero-order valence-corrected chi connectivity index (χ0v) is 18.1. The summed E-state index contributed by atoms with van der Waals surface area (Å²) in [5.41, 5.74) is 1.89. The maximum Gasteiger partial charge on any atom is 0.277 e. The number of nitriles is 1. The molecule has 0 fully saturated rings. The van der Waals surface area contributed by atoms with E-state index >= 15 is 0 Å². The first-order valence-electron chi connectivity index (χ1n) is 9.55. The van der Waals surface area contributed by atoms with E-state index in [4.69, 9.17) is 9.15 Å². The molecule has 0 spiro atoms. The van der Waals surface area contributed by atoms with Crippen molar-refractivity contribution in [1.29, 1.82) is 5.26 Å². The number of ketones is 1. The Morgan fingerprint density at radius 3 is 2.41 bits per heavy atom. The van der Waals surface area contributed by atoms with Crippen LogP contribution >= 0.6 is 11.8 Å². The topological polar surface area (TPSA) is 95.5 Å². The lowest BCUT2D eigenvalue weighted by Crippen LogP contribution is -2.26. The molecule has 0 unspecified atom stereocenters. The van der Waals surface area contributed by atoms with E-state index in [0.29, 0.717) is 11.6 Å². The number of carbonyl (C=O) groups excluding carboxylic acids is 1. The Bertz CT molecular complexity index is 1190. The molecule has 0 saturated carbocycles. The molecule has 2 heterocycles. The second-order valence-corrected chi connectivity index (χ2v) is 7.76. The van der Waals surface area contributed by atoms with Crippen molar-refractivity contribution in [2.24, 2.45) is 0 Å². The molecule has 1 aliphatic heterocycles. The molecule has 0 saturated heterocycles. The third kappa shape index (κ3) is 4.29. The van der Waals surface area contributed by atoms with E-state index < -0.39 is 0 Å². The largest absolute Gasteiger partial charge is 0.484 e. The number of fused-ring (bicyclic) bond motifs is 1. The number of halogens is 1. The van der Waals surface area contributed by atoms with Crippen molar-refractivity contribution < 1.29 is 18.3 Å². The number of carbonyl (C=O) groups is 1. The van der Waals surface area contributed by atoms with Crippen molar-refractivity contribution in [3.05, 3.63) is 71.6 Å². The van der Waals surface area contributed by atoms with Crippen molar-refractivity contribution in [2.45, 2.75) is 11.8 Å². The summed E-state index contributed by atoms with van der Waals surface area (Å²) in [6, 6.07) is 15.3. The van der Waals surface area contributed by atoms with E-state index in [-0.39, 0.29) is 40.6 Å². The van der Waals surface area contributed by atoms with Crippen LogP contribution in [0.3, 0.4) is 0 Å². The first-order valence-corrected chi connectivity index (χ1v) is 10.5. The summed E-state index contributed by atoms with van der Waals surface area (Å²) in [7, 11) is 3.64. The number of aromatic nitrogens is 2. The second kappa shape index (κ2) is 9.11. The molecule has 10 heteroatoms. The van der Waals surface area contributed by atoms with Gasteiger partial charge in [0.2, 0.25) is 0 Å². The Balaban J connectivity index is 1.40. The van der Waals surface area contributed by atoms with Gasteiger partial charge in [0, 0.05) is 14.1 Å². The van der Waals surface area contributed by atoms with Crippen LogP contribution in [0.25, 0.3) is 0 Å². The Morgan fingerprint density at radius 1 is 1.12 bits per heavy atom. The zero-order chi connectivity index (χ0) is 22.7. The lowest BCUT2D eigenvalue weighted by Gasteiger charge is -2.19. The number of thioether (sulfide) groups is 1. The lowest BCUT2D eigenvalue weighted by molar-refractivity contribution is -0.112. The Morgan fingerprint density at radius 2 is 1.78 bits per heavy atom. The highest BCUT2D eigenvalue weighted by Crippen LogP contribution is 2.40. The third-order valence-corrected chi connectivity index (χ3v) is 5.62. The molecular weight excluding hydrogens is 433 g/mol. The first-order chi connectivity index (χ1) is 15.5. The first kappa shape index (κ1) is 21.4. The lowest BCUT2D eigenvalue weighted by atomic mass is 10.2. The smallest absolute Gasteiger partial charge is 0.277 e. The van der Waals surface area contributed by atoms with Crippen molar-refractivity contribution in [2.75, 3.05) is 29.6 Å². The normalized spacial score (nSPS) is 12.5. The van der Waals surface area contributed by atoms with Crippen LogP contribution in [0.15, 0.2) is 69.6 Å². The standard InChI is InChI=1S/C22H18FN5O3S/c1-27-17-5-3-4-6-18(17)28(2)21(27)16(11-24)19(29)13-32-22-26-25-20(31-22)12-30-15-9-7-14(23)8-10-15/h3-10H,12-13H2,1-2H3. The van der Waals surface area contributed by atoms with Gasteiger partial charge in [0.25, 0.3) is 11.1 Å². The van der Waals surface area contributed by atoms with Crippen molar-refractivity contribution in [1.82, 2.24) is 10.2 Å². The number of hydrogen-bond donors (Lipinski definition) is 0. The fourth-order valence-electron chi connectivity index (χ4n) is 3.29. The van der Waals surface area contributed by atoms with Crippen LogP contribution in [0.5, 0.6) is 5.75 Å². The highest BCUT2D eigenvalue weighted by atomic mass is 32.2. The number of Topliss-reactive ketones (excluding diaryl/α,β-unsaturated/α-hetero) is 1. The molecule has 8 nitrogen and oxygen atoms in total. The number of ether oxygens (including phenoxy) is 1. The van der Waals surface area contributed by atoms with E-state index in [0.717, 1.165) is 23.1 Å². The van der Waals surface area contributed by atoms with Gasteiger partial charge in [-0.2, -0.15) is 5.26 Å². The van der Waals surface area contributed by atoms with E-state index in [1.165, 1.54) is 24.3 Å². The number of anilines is 2. The molecule has 32 heavy (non-hydrogen) atoms. The summed E-state index contributed by atoms with van der Waals surface area (Å²) in [5, 5.41) is 17.6. The van der Waals surface area contributed by atoms with Gasteiger partial charge in [-0.3, -0.25) is 4.79 Å². The van der Waals surface area contributed by atoms with Gasteiger partial charge >= 0.3 is 0 Å². The molecule has 4 rings (SSSR count). The molecular formula is C22H18FN5O3S. The van der Waals surface area contributed by atoms with Crippen LogP contribution in [0.1, 0.15) is 5.89 Å². The predicted molar refractivity (Wildman–Crippen MR) is 117 cm³/mol. The van der Waals surface area contributed by atoms with Gasteiger partial charge < -0.3 is 19.0 Å². The summed E-state index contributed by atoms with van der Waals surface area (Å²) >= 11 is 1.04. The van der Waals surface area contributed by atoms with Crippen LogP contribution in [-0.2, 0) is 11.4 Å². The van der Waals surface area contributed by atoms with Gasteiger partial charge in [-0.15, -0.1) is 10.2 Å². The van der Waals surface area contributed by atoms with E-state index in [1.54, 1.807) is 0 Å². The molecule has 2 aromatic carbocycles. The number of allylic oxidation sites excluding steroid dienone is 1. The monoisotopic (exact) mass is 451 g/mol. The zero-order valence-electron chi connectivity index (χ0n) is 17.3. The summed E-state index contributed by atoms with van der Waals surface area (Å²) in [5.74, 6) is 0.465. The van der Waals surface area contributed by atoms with Crippen LogP contribution in [0.4, 0.5) is 15.8 Å². The Labute approximate surface area is 187 Å². The number of rotatable bonds is 7. The predicted octanol–water partition coefficient (Wildman–Crippen LogP) is 3.77. The van der Waals surface area contributed by atoms with Crippen LogP contribution in [-0.4, -0.2) is 35.8 Å². The molecule has 0 radical (unpaired) electrons. The highest BCUT2D eigenvalue weighted by Gasteiger charge is 2.31. The summed E-state index contributed by atoms with van der Waals surface area (Å²) in [4.78, 5) is 16.5. The molecule has 0 atom stereocenters. The molecule has 0 bridgehead atoms. The molecule has 1 aromatic heterocycles. The van der Waals surface area contributed by atoms with Gasteiger partial charge in [0.1, 0.15) is 29.0 Å². The van der Waals surface area contributed by atoms with Crippen LogP contribution < -0.4 is 14.5 Å². The Kier molecular flexibility index (Phi) is 6.09. The molecule has 0 aliphatic carbocycles. The van der Waals surface area contributed by atoms with Gasteiger partial charge in [0.15, 0.2) is 12.4 Å². The van der Waals surface area contributed by atoms with Gasteiger partial charge in [-0.1, -0.05) is 23.9 Å². The van der Waals surface area contributed by atoms with E-state index in [9.17, 15) is 14.4 Å². The third-order valence-electron chi connectivity index (χ3n) is 4.81. The van der Waals surface area contributed by atoms with Crippen molar-refractivity contribution >= 4 is 28.9 Å². The maximum absolute atomic E-state index is 12.9. The second-order valence-electron chi connectivity index (χ2n) is 6.83. The van der Waals surface area contributed by atoms with Crippen LogP contribution in [0.2, 0.25) is 0 Å². The molecule has 162 valence electrons. The number of benzene rings is 2. The fourth-order valence-corrected chi connectivity index (χ4v) is 3.94. The van der Waals surface area contributed by atoms with Crippen LogP contribution in [0, 0.1) is 17.1 Å². The fraction of sp³-hybridized carbons (Fsp3) is 0.182. The average Bonchev–Trinajstić information content (AvgIpc) is 3.36. The number of hydrogen-bond acceptors (Lipinski definition) is 9. The minimum absolute atomic E-state index is 0.00842. The molecule has 3 aromatic rings. The minimum Gasteiger partial charge on any atom is -0.484 e. The maximum atomic E-state index is 12.9. The quantitative estimate of drug-likeness (QED) is 0.302. The molecule has 0 amide bonds. The minimum atomic E-state index is -0.357. The van der Waals surface area contributed by atoms with Crippen molar-refractivity contribution in [3.8, 4) is 11.8 Å². The molecule has 0 N–H and O–H groups in total. The summed E-state index contributed by atoms with van der Waals surface area (Å²) in [6.45, 7) is 0.00842. The number of nitrogens with zero attached hydrogens (tertiary/aromatic N) is 5. The average molecular weight is 451 g/mol. The Hall–Kier alpha value is -3.84. The SMILES string of the molecule is CN1C(=C(C#N)C(=O)CSc2nnc(COc3ccc(F)cc3)o2)N(C)c2ccccc21. The summed E-state index contributed by atoms with van der Waals surface area (Å²) < 4.78 is 23.9. The summed E-state index contributed by atoms with van der Waals surface area (Å²) in [6.07, 6.45) is 0. The van der Waals surface area contributed by atoms with E-state index in [1.807, 2.05) is 54.2 Å². The highest BCUT2D eigenvalue weighted by molar-refractivity contribution is 7.99. The van der Waals surface area contributed by atoms with Gasteiger partial charge in [0.05, 0.1) is 17.1 Å². The van der Waals surface area contributed by atoms with Gasteiger partial charge in [-0.05, 0) is 36.4 Å². The van der Waals surface area contributed by atoms with Crippen molar-refractivity contribution in [3.63, 3.8) is 0 Å². The van der Waals surface area contributed by atoms with Gasteiger partial charge in [-0.25, -0.2) is 4.39 Å². The van der Waals surface area contributed by atoms with E-state index in [2.05, 4.69) is 10.2 Å². The number of para-hydroxylation sites is 2.